The highest BCUT2D eigenvalue weighted by atomic mass is 35.5. The number of nitro groups is 1. The van der Waals surface area contributed by atoms with Gasteiger partial charge in [-0.15, -0.1) is 0 Å². The third-order valence-electron chi connectivity index (χ3n) is 3.20. The summed E-state index contributed by atoms with van der Waals surface area (Å²) in [6.45, 7) is -0.700. The highest BCUT2D eigenvalue weighted by Gasteiger charge is 2.33. The molecule has 0 aliphatic heterocycles. The van der Waals surface area contributed by atoms with Crippen molar-refractivity contribution in [3.8, 4) is 0 Å². The van der Waals surface area contributed by atoms with Gasteiger partial charge in [-0.25, -0.2) is 14.3 Å². The fraction of sp³-hybridized carbons (Fsp3) is 0.0714. The van der Waals surface area contributed by atoms with Crippen molar-refractivity contribution in [1.29, 1.82) is 0 Å². The van der Waals surface area contributed by atoms with Crippen molar-refractivity contribution in [2.24, 2.45) is 5.84 Å². The number of nitrogens with zero attached hydrogens (tertiary/aromatic N) is 2. The number of sulfonamides is 1. The molecule has 0 aromatic heterocycles. The van der Waals surface area contributed by atoms with Crippen LogP contribution in [0.15, 0.2) is 53.4 Å². The molecule has 0 fully saturated rings. The highest BCUT2D eigenvalue weighted by Crippen LogP contribution is 2.33. The third kappa shape index (κ3) is 3.87. The van der Waals surface area contributed by atoms with E-state index in [1.807, 2.05) is 5.43 Å². The lowest BCUT2D eigenvalue weighted by Gasteiger charge is -2.24. The predicted octanol–water partition coefficient (Wildman–Crippen LogP) is 1.43. The zero-order chi connectivity index (χ0) is 18.6. The van der Waals surface area contributed by atoms with Crippen LogP contribution in [0.1, 0.15) is 0 Å². The smallest absolute Gasteiger partial charge is 0.289 e. The minimum atomic E-state index is -4.47. The molecule has 2 aromatic carbocycles. The number of para-hydroxylation sites is 2. The number of nitrogens with one attached hydrogen (secondary N) is 1. The first kappa shape index (κ1) is 18.6. The summed E-state index contributed by atoms with van der Waals surface area (Å²) in [5.41, 5.74) is 1.20. The second-order valence-electron chi connectivity index (χ2n) is 4.76. The van der Waals surface area contributed by atoms with Crippen molar-refractivity contribution in [2.45, 2.75) is 4.90 Å². The molecule has 1 amide bonds. The van der Waals surface area contributed by atoms with Crippen molar-refractivity contribution in [3.05, 3.63) is 63.7 Å². The molecular formula is C14H13ClN4O5S. The van der Waals surface area contributed by atoms with Crippen molar-refractivity contribution in [3.63, 3.8) is 0 Å². The van der Waals surface area contributed by atoms with Crippen LogP contribution in [0.5, 0.6) is 0 Å². The van der Waals surface area contributed by atoms with E-state index in [1.54, 1.807) is 6.07 Å². The fourth-order valence-corrected chi connectivity index (χ4v) is 3.96. The van der Waals surface area contributed by atoms with Crippen LogP contribution in [-0.4, -0.2) is 25.8 Å². The first-order chi connectivity index (χ1) is 11.8. The number of carbonyl (C=O) groups is 1. The van der Waals surface area contributed by atoms with E-state index in [2.05, 4.69) is 0 Å². The lowest BCUT2D eigenvalue weighted by molar-refractivity contribution is -0.387. The molecule has 0 bridgehead atoms. The van der Waals surface area contributed by atoms with E-state index in [-0.39, 0.29) is 10.7 Å². The van der Waals surface area contributed by atoms with Gasteiger partial charge in [-0.3, -0.25) is 24.6 Å². The van der Waals surface area contributed by atoms with E-state index in [4.69, 9.17) is 17.4 Å². The largest absolute Gasteiger partial charge is 0.293 e. The average Bonchev–Trinajstić information content (AvgIpc) is 2.60. The summed E-state index contributed by atoms with van der Waals surface area (Å²) < 4.78 is 26.7. The zero-order valence-electron chi connectivity index (χ0n) is 12.6. The summed E-state index contributed by atoms with van der Waals surface area (Å²) in [7, 11) is -4.47. The number of hydrogen-bond acceptors (Lipinski definition) is 6. The number of carbonyl (C=O) groups excluding carboxylic acids is 1. The van der Waals surface area contributed by atoms with Crippen LogP contribution in [0.3, 0.4) is 0 Å². The molecule has 0 aliphatic carbocycles. The van der Waals surface area contributed by atoms with Crippen molar-refractivity contribution < 1.29 is 18.1 Å². The molecule has 0 radical (unpaired) electrons. The van der Waals surface area contributed by atoms with Gasteiger partial charge in [-0.2, -0.15) is 0 Å². The minimum Gasteiger partial charge on any atom is -0.293 e. The van der Waals surface area contributed by atoms with Gasteiger partial charge in [0.15, 0.2) is 4.90 Å². The van der Waals surface area contributed by atoms with Gasteiger partial charge in [0.2, 0.25) is 0 Å². The highest BCUT2D eigenvalue weighted by molar-refractivity contribution is 7.93. The Morgan fingerprint density at radius 3 is 2.40 bits per heavy atom. The molecule has 0 saturated heterocycles. The first-order valence-corrected chi connectivity index (χ1v) is 8.61. The molecule has 0 saturated carbocycles. The van der Waals surface area contributed by atoms with E-state index in [9.17, 15) is 23.3 Å². The predicted molar refractivity (Wildman–Crippen MR) is 91.4 cm³/mol. The maximum Gasteiger partial charge on any atom is 0.289 e. The Morgan fingerprint density at radius 1 is 1.20 bits per heavy atom. The summed E-state index contributed by atoms with van der Waals surface area (Å²) in [4.78, 5) is 21.5. The molecule has 25 heavy (non-hydrogen) atoms. The van der Waals surface area contributed by atoms with Crippen LogP contribution in [0.2, 0.25) is 5.02 Å². The van der Waals surface area contributed by atoms with E-state index in [0.29, 0.717) is 4.31 Å². The summed E-state index contributed by atoms with van der Waals surface area (Å²) in [5, 5.41) is 11.2. The third-order valence-corrected chi connectivity index (χ3v) is 5.33. The molecule has 3 N–H and O–H groups in total. The van der Waals surface area contributed by atoms with Gasteiger partial charge in [0, 0.05) is 6.07 Å². The number of benzene rings is 2. The number of anilines is 1. The van der Waals surface area contributed by atoms with E-state index >= 15 is 0 Å². The maximum absolute atomic E-state index is 13.0. The average molecular weight is 385 g/mol. The van der Waals surface area contributed by atoms with Crippen LogP contribution in [0, 0.1) is 10.1 Å². The molecule has 0 unspecified atom stereocenters. The first-order valence-electron chi connectivity index (χ1n) is 6.79. The molecule has 0 atom stereocenters. The van der Waals surface area contributed by atoms with Crippen LogP contribution in [0.4, 0.5) is 11.4 Å². The number of amides is 1. The standard InChI is InChI=1S/C14H13ClN4O5S/c15-10-5-1-2-6-11(10)18(9-14(20)17-16)25(23,24)13-8-4-3-7-12(13)19(21)22/h1-8H,9,16H2,(H,17,20). The Bertz CT molecular complexity index is 919. The molecule has 9 nitrogen and oxygen atoms in total. The number of hydrazine groups is 1. The van der Waals surface area contributed by atoms with Crippen LogP contribution in [0.25, 0.3) is 0 Å². The van der Waals surface area contributed by atoms with Gasteiger partial charge in [0.25, 0.3) is 21.6 Å². The summed E-state index contributed by atoms with van der Waals surface area (Å²) in [6.07, 6.45) is 0. The van der Waals surface area contributed by atoms with E-state index < -0.39 is 38.0 Å². The molecule has 0 aliphatic rings. The van der Waals surface area contributed by atoms with Gasteiger partial charge in [0.1, 0.15) is 6.54 Å². The molecule has 0 spiro atoms. The fourth-order valence-electron chi connectivity index (χ4n) is 2.07. The summed E-state index contributed by atoms with van der Waals surface area (Å²) in [6, 6.07) is 10.7. The van der Waals surface area contributed by atoms with Gasteiger partial charge in [-0.05, 0) is 18.2 Å². The van der Waals surface area contributed by atoms with E-state index in [1.165, 1.54) is 30.3 Å². The van der Waals surface area contributed by atoms with Gasteiger partial charge < -0.3 is 0 Å². The van der Waals surface area contributed by atoms with Gasteiger partial charge >= 0.3 is 0 Å². The molecule has 0 heterocycles. The lowest BCUT2D eigenvalue weighted by Crippen LogP contribution is -2.43. The lowest BCUT2D eigenvalue weighted by atomic mass is 10.3. The molecule has 2 rings (SSSR count). The van der Waals surface area contributed by atoms with Crippen LogP contribution >= 0.6 is 11.6 Å². The number of nitrogens with two attached hydrogens (primary N) is 1. The molecule has 11 heteroatoms. The number of halogens is 1. The number of hydrogen-bond donors (Lipinski definition) is 2. The van der Waals surface area contributed by atoms with E-state index in [0.717, 1.165) is 12.1 Å². The SMILES string of the molecule is NNC(=O)CN(c1ccccc1Cl)S(=O)(=O)c1ccccc1[N+](=O)[O-]. The van der Waals surface area contributed by atoms with Gasteiger partial charge in [0.05, 0.1) is 15.6 Å². The zero-order valence-corrected chi connectivity index (χ0v) is 14.2. The summed E-state index contributed by atoms with van der Waals surface area (Å²) >= 11 is 6.04. The Hall–Kier alpha value is -2.69. The molecular weight excluding hydrogens is 372 g/mol. The Morgan fingerprint density at radius 2 is 1.80 bits per heavy atom. The van der Waals surface area contributed by atoms with Crippen LogP contribution in [-0.2, 0) is 14.8 Å². The normalized spacial score (nSPS) is 11.0. The van der Waals surface area contributed by atoms with Crippen LogP contribution < -0.4 is 15.6 Å². The second kappa shape index (κ2) is 7.47. The Kier molecular flexibility index (Phi) is 5.57. The van der Waals surface area contributed by atoms with Crippen molar-refractivity contribution >= 4 is 38.9 Å². The maximum atomic E-state index is 13.0. The molecule has 132 valence electrons. The topological polar surface area (TPSA) is 136 Å². The Labute approximate surface area is 148 Å². The Balaban J connectivity index is 2.67. The molecule has 2 aromatic rings. The van der Waals surface area contributed by atoms with Crippen molar-refractivity contribution in [2.75, 3.05) is 10.8 Å². The minimum absolute atomic E-state index is 0.00841. The number of nitro benzene ring substituents is 1. The monoisotopic (exact) mass is 384 g/mol. The quantitative estimate of drug-likeness (QED) is 0.334. The van der Waals surface area contributed by atoms with Crippen molar-refractivity contribution in [1.82, 2.24) is 5.43 Å². The summed E-state index contributed by atoms with van der Waals surface area (Å²) in [5.74, 6) is 4.22. The second-order valence-corrected chi connectivity index (χ2v) is 6.99. The number of rotatable bonds is 6. The van der Waals surface area contributed by atoms with Gasteiger partial charge in [-0.1, -0.05) is 35.9 Å².